The Morgan fingerprint density at radius 1 is 0.900 bits per heavy atom. The molecule has 0 saturated heterocycles. The quantitative estimate of drug-likeness (QED) is 0.478. The number of rotatable bonds is 10. The Bertz CT molecular complexity index is 942. The van der Waals surface area contributed by atoms with Crippen molar-refractivity contribution in [2.24, 2.45) is 5.92 Å². The molecule has 3 rings (SSSR count). The summed E-state index contributed by atoms with van der Waals surface area (Å²) < 4.78 is 11.6. The second-order valence-corrected chi connectivity index (χ2v) is 7.40. The molecule has 0 atom stereocenters. The first-order valence-electron chi connectivity index (χ1n) is 10.1. The van der Waals surface area contributed by atoms with E-state index in [1.54, 1.807) is 0 Å². The fraction of sp³-hybridized carbons (Fsp3) is 0.240. The maximum Gasteiger partial charge on any atom is 0.243 e. The highest BCUT2D eigenvalue weighted by Gasteiger charge is 2.08. The fourth-order valence-corrected chi connectivity index (χ4v) is 2.77. The minimum Gasteiger partial charge on any atom is -0.493 e. The van der Waals surface area contributed by atoms with Crippen molar-refractivity contribution in [3.05, 3.63) is 84.4 Å². The lowest BCUT2D eigenvalue weighted by atomic mass is 10.2. The second-order valence-electron chi connectivity index (χ2n) is 7.40. The number of nitrogens with one attached hydrogen (secondary N) is 2. The molecule has 0 bridgehead atoms. The van der Waals surface area contributed by atoms with E-state index < -0.39 is 0 Å². The van der Waals surface area contributed by atoms with E-state index in [0.29, 0.717) is 30.6 Å². The number of anilines is 2. The Balaban J connectivity index is 1.53. The molecule has 0 radical (unpaired) electrons. The maximum atomic E-state index is 12.5. The second kappa shape index (κ2) is 10.9. The van der Waals surface area contributed by atoms with Gasteiger partial charge in [0.25, 0.3) is 0 Å². The summed E-state index contributed by atoms with van der Waals surface area (Å²) in [6.45, 7) is 5.45. The highest BCUT2D eigenvalue weighted by Crippen LogP contribution is 2.25. The van der Waals surface area contributed by atoms with Gasteiger partial charge in [0.1, 0.15) is 18.1 Å². The molecule has 0 fully saturated rings. The predicted molar refractivity (Wildman–Crippen MR) is 121 cm³/mol. The molecule has 0 spiro atoms. The molecular weight excluding hydrogens is 376 g/mol. The van der Waals surface area contributed by atoms with E-state index in [9.17, 15) is 4.79 Å². The minimum absolute atomic E-state index is 0.140. The smallest absolute Gasteiger partial charge is 0.243 e. The lowest BCUT2D eigenvalue weighted by Gasteiger charge is -2.14. The number of amides is 1. The minimum atomic E-state index is -0.153. The summed E-state index contributed by atoms with van der Waals surface area (Å²) in [4.78, 5) is 12.5. The van der Waals surface area contributed by atoms with Crippen LogP contribution in [0.2, 0.25) is 0 Å². The zero-order chi connectivity index (χ0) is 21.2. The van der Waals surface area contributed by atoms with E-state index in [1.807, 2.05) is 78.9 Å². The van der Waals surface area contributed by atoms with Gasteiger partial charge in [0.2, 0.25) is 5.91 Å². The molecule has 156 valence electrons. The number of ether oxygens (including phenoxy) is 2. The summed E-state index contributed by atoms with van der Waals surface area (Å²) in [5, 5.41) is 6.05. The highest BCUT2D eigenvalue weighted by molar-refractivity contribution is 5.95. The van der Waals surface area contributed by atoms with Gasteiger partial charge in [0, 0.05) is 11.8 Å². The molecule has 0 aliphatic carbocycles. The molecule has 30 heavy (non-hydrogen) atoms. The number of para-hydroxylation sites is 2. The van der Waals surface area contributed by atoms with Gasteiger partial charge in [0.05, 0.1) is 18.8 Å². The fourth-order valence-electron chi connectivity index (χ4n) is 2.77. The molecule has 5 heteroatoms. The SMILES string of the molecule is CC(C)COc1cccc(NCC(=O)Nc2ccccc2OCc2ccccc2)c1. The summed E-state index contributed by atoms with van der Waals surface area (Å²) in [6.07, 6.45) is 0. The number of hydrogen-bond acceptors (Lipinski definition) is 4. The number of carbonyl (C=O) groups is 1. The first-order chi connectivity index (χ1) is 14.6. The van der Waals surface area contributed by atoms with Gasteiger partial charge in [0.15, 0.2) is 0 Å². The zero-order valence-corrected chi connectivity index (χ0v) is 17.4. The summed E-state index contributed by atoms with van der Waals surface area (Å²) in [5.74, 6) is 1.73. The van der Waals surface area contributed by atoms with E-state index in [0.717, 1.165) is 17.0 Å². The lowest BCUT2D eigenvalue weighted by Crippen LogP contribution is -2.22. The molecular formula is C25H28N2O3. The van der Waals surface area contributed by atoms with Crippen LogP contribution in [0.15, 0.2) is 78.9 Å². The molecule has 0 saturated carbocycles. The van der Waals surface area contributed by atoms with E-state index in [4.69, 9.17) is 9.47 Å². The standard InChI is InChI=1S/C25H28N2O3/c1-19(2)17-29-22-12-8-11-21(15-22)26-16-25(28)27-23-13-6-7-14-24(23)30-18-20-9-4-3-5-10-20/h3-15,19,26H,16-18H2,1-2H3,(H,27,28). The third-order valence-corrected chi connectivity index (χ3v) is 4.27. The lowest BCUT2D eigenvalue weighted by molar-refractivity contribution is -0.114. The van der Waals surface area contributed by atoms with Crippen molar-refractivity contribution in [3.8, 4) is 11.5 Å². The van der Waals surface area contributed by atoms with Crippen molar-refractivity contribution in [2.45, 2.75) is 20.5 Å². The van der Waals surface area contributed by atoms with Crippen LogP contribution in [-0.2, 0) is 11.4 Å². The van der Waals surface area contributed by atoms with Crippen LogP contribution < -0.4 is 20.1 Å². The Kier molecular flexibility index (Phi) is 7.72. The molecule has 0 unspecified atom stereocenters. The van der Waals surface area contributed by atoms with Crippen molar-refractivity contribution >= 4 is 17.3 Å². The van der Waals surface area contributed by atoms with Crippen LogP contribution in [-0.4, -0.2) is 19.1 Å². The maximum absolute atomic E-state index is 12.5. The average molecular weight is 405 g/mol. The summed E-state index contributed by atoms with van der Waals surface area (Å²) in [5.41, 5.74) is 2.55. The van der Waals surface area contributed by atoms with E-state index in [-0.39, 0.29) is 12.5 Å². The van der Waals surface area contributed by atoms with E-state index in [2.05, 4.69) is 24.5 Å². The van der Waals surface area contributed by atoms with Crippen LogP contribution in [0.5, 0.6) is 11.5 Å². The Hall–Kier alpha value is -3.47. The Labute approximate surface area is 178 Å². The first-order valence-corrected chi connectivity index (χ1v) is 10.1. The van der Waals surface area contributed by atoms with Gasteiger partial charge in [-0.05, 0) is 35.7 Å². The van der Waals surface area contributed by atoms with Gasteiger partial charge in [-0.25, -0.2) is 0 Å². The van der Waals surface area contributed by atoms with Crippen molar-refractivity contribution in [1.82, 2.24) is 0 Å². The summed E-state index contributed by atoms with van der Waals surface area (Å²) >= 11 is 0. The number of carbonyl (C=O) groups excluding carboxylic acids is 1. The molecule has 0 aliphatic rings. The van der Waals surface area contributed by atoms with Crippen molar-refractivity contribution in [2.75, 3.05) is 23.8 Å². The number of benzene rings is 3. The van der Waals surface area contributed by atoms with Crippen molar-refractivity contribution < 1.29 is 14.3 Å². The average Bonchev–Trinajstić information content (AvgIpc) is 2.77. The van der Waals surface area contributed by atoms with E-state index in [1.165, 1.54) is 0 Å². The van der Waals surface area contributed by atoms with Crippen LogP contribution >= 0.6 is 0 Å². The van der Waals surface area contributed by atoms with Gasteiger partial charge in [-0.3, -0.25) is 4.79 Å². The van der Waals surface area contributed by atoms with Gasteiger partial charge < -0.3 is 20.1 Å². The Morgan fingerprint density at radius 3 is 2.47 bits per heavy atom. The zero-order valence-electron chi connectivity index (χ0n) is 17.4. The van der Waals surface area contributed by atoms with Crippen molar-refractivity contribution in [3.63, 3.8) is 0 Å². The normalized spacial score (nSPS) is 10.5. The molecule has 5 nitrogen and oxygen atoms in total. The third kappa shape index (κ3) is 6.85. The monoisotopic (exact) mass is 404 g/mol. The predicted octanol–water partition coefficient (Wildman–Crippen LogP) is 5.35. The summed E-state index contributed by atoms with van der Waals surface area (Å²) in [6, 6.07) is 25.0. The van der Waals surface area contributed by atoms with Crippen LogP contribution in [0.4, 0.5) is 11.4 Å². The third-order valence-electron chi connectivity index (χ3n) is 4.27. The van der Waals surface area contributed by atoms with Crippen LogP contribution in [0, 0.1) is 5.92 Å². The number of hydrogen-bond donors (Lipinski definition) is 2. The molecule has 3 aromatic carbocycles. The Morgan fingerprint density at radius 2 is 1.67 bits per heavy atom. The van der Waals surface area contributed by atoms with Gasteiger partial charge in [-0.15, -0.1) is 0 Å². The van der Waals surface area contributed by atoms with Crippen LogP contribution in [0.25, 0.3) is 0 Å². The molecule has 0 heterocycles. The molecule has 2 N–H and O–H groups in total. The van der Waals surface area contributed by atoms with Crippen LogP contribution in [0.3, 0.4) is 0 Å². The van der Waals surface area contributed by atoms with Crippen LogP contribution in [0.1, 0.15) is 19.4 Å². The molecule has 1 amide bonds. The summed E-state index contributed by atoms with van der Waals surface area (Å²) in [7, 11) is 0. The van der Waals surface area contributed by atoms with Gasteiger partial charge in [-0.1, -0.05) is 62.4 Å². The largest absolute Gasteiger partial charge is 0.493 e. The highest BCUT2D eigenvalue weighted by atomic mass is 16.5. The first kappa shape index (κ1) is 21.2. The van der Waals surface area contributed by atoms with E-state index >= 15 is 0 Å². The van der Waals surface area contributed by atoms with Gasteiger partial charge >= 0.3 is 0 Å². The molecule has 0 aromatic heterocycles. The molecule has 3 aromatic rings. The van der Waals surface area contributed by atoms with Crippen molar-refractivity contribution in [1.29, 1.82) is 0 Å². The molecule has 0 aliphatic heterocycles. The topological polar surface area (TPSA) is 59.6 Å². The van der Waals surface area contributed by atoms with Gasteiger partial charge in [-0.2, -0.15) is 0 Å².